The summed E-state index contributed by atoms with van der Waals surface area (Å²) in [7, 11) is 1.85. The van der Waals surface area contributed by atoms with Gasteiger partial charge in [0, 0.05) is 26.3 Å². The van der Waals surface area contributed by atoms with Crippen LogP contribution in [-0.4, -0.2) is 52.6 Å². The predicted molar refractivity (Wildman–Crippen MR) is 91.3 cm³/mol. The number of morpholine rings is 1. The van der Waals surface area contributed by atoms with Crippen LogP contribution in [0.4, 0.5) is 5.69 Å². The van der Waals surface area contributed by atoms with Crippen LogP contribution in [0.15, 0.2) is 12.4 Å². The second kappa shape index (κ2) is 6.39. The smallest absolute Gasteiger partial charge is 0.341 e. The Morgan fingerprint density at radius 1 is 1.42 bits per heavy atom. The second-order valence-electron chi connectivity index (χ2n) is 6.32. The normalized spacial score (nSPS) is 21.2. The maximum Gasteiger partial charge on any atom is 0.341 e. The number of aromatic nitrogens is 3. The average Bonchev–Trinajstić information content (AvgIpc) is 2.95. The molecule has 1 fully saturated rings. The van der Waals surface area contributed by atoms with Gasteiger partial charge in [0.1, 0.15) is 5.56 Å². The van der Waals surface area contributed by atoms with Crippen molar-refractivity contribution in [3.63, 3.8) is 0 Å². The van der Waals surface area contributed by atoms with Gasteiger partial charge in [0.05, 0.1) is 36.1 Å². The first-order valence-electron chi connectivity index (χ1n) is 8.36. The number of pyridine rings is 1. The highest BCUT2D eigenvalue weighted by Crippen LogP contribution is 2.33. The van der Waals surface area contributed by atoms with Gasteiger partial charge in [-0.2, -0.15) is 5.10 Å². The lowest BCUT2D eigenvalue weighted by Gasteiger charge is -2.41. The minimum absolute atomic E-state index is 0.234. The van der Waals surface area contributed by atoms with Crippen molar-refractivity contribution in [2.75, 3.05) is 31.2 Å². The van der Waals surface area contributed by atoms with E-state index in [1.807, 2.05) is 7.05 Å². The lowest BCUT2D eigenvalue weighted by atomic mass is 9.99. The van der Waals surface area contributed by atoms with Gasteiger partial charge < -0.3 is 14.4 Å². The molecule has 2 aromatic heterocycles. The molecule has 0 bridgehead atoms. The van der Waals surface area contributed by atoms with Gasteiger partial charge in [-0.25, -0.2) is 9.78 Å². The molecule has 0 aliphatic carbocycles. The summed E-state index contributed by atoms with van der Waals surface area (Å²) < 4.78 is 12.9. The number of nitrogens with zero attached hydrogens (tertiary/aromatic N) is 4. The maximum atomic E-state index is 12.4. The Morgan fingerprint density at radius 2 is 2.21 bits per heavy atom. The fourth-order valence-electron chi connectivity index (χ4n) is 3.12. The first-order chi connectivity index (χ1) is 11.5. The number of aryl methyl sites for hydroxylation is 1. The van der Waals surface area contributed by atoms with Gasteiger partial charge >= 0.3 is 5.97 Å². The van der Waals surface area contributed by atoms with Crippen molar-refractivity contribution in [3.8, 4) is 0 Å². The van der Waals surface area contributed by atoms with Crippen LogP contribution in [0.5, 0.6) is 0 Å². The van der Waals surface area contributed by atoms with E-state index in [0.717, 1.165) is 29.7 Å². The number of carbonyl (C=O) groups excluding carboxylic acids is 1. The molecular formula is C17H24N4O3. The Kier molecular flexibility index (Phi) is 4.45. The third-order valence-electron chi connectivity index (χ3n) is 4.63. The van der Waals surface area contributed by atoms with Crippen LogP contribution in [-0.2, 0) is 16.5 Å². The van der Waals surface area contributed by atoms with Crippen LogP contribution < -0.4 is 4.90 Å². The highest BCUT2D eigenvalue weighted by molar-refractivity contribution is 6.04. The third kappa shape index (κ3) is 2.84. The molecule has 0 N–H and O–H groups in total. The summed E-state index contributed by atoms with van der Waals surface area (Å²) in [6.07, 6.45) is 4.26. The van der Waals surface area contributed by atoms with Crippen molar-refractivity contribution in [2.45, 2.75) is 32.8 Å². The van der Waals surface area contributed by atoms with Crippen LogP contribution in [0.25, 0.3) is 11.0 Å². The molecule has 130 valence electrons. The molecule has 0 spiro atoms. The van der Waals surface area contributed by atoms with Crippen LogP contribution >= 0.6 is 0 Å². The van der Waals surface area contributed by atoms with E-state index in [4.69, 9.17) is 9.47 Å². The molecule has 7 heteroatoms. The van der Waals surface area contributed by atoms with E-state index in [1.54, 1.807) is 24.0 Å². The van der Waals surface area contributed by atoms with E-state index in [-0.39, 0.29) is 11.6 Å². The molecule has 1 saturated heterocycles. The molecule has 1 unspecified atom stereocenters. The van der Waals surface area contributed by atoms with Gasteiger partial charge in [-0.1, -0.05) is 6.92 Å². The quantitative estimate of drug-likeness (QED) is 0.799. The van der Waals surface area contributed by atoms with Crippen molar-refractivity contribution < 1.29 is 14.3 Å². The zero-order valence-corrected chi connectivity index (χ0v) is 14.7. The van der Waals surface area contributed by atoms with Crippen molar-refractivity contribution in [1.29, 1.82) is 0 Å². The molecule has 2 aromatic rings. The predicted octanol–water partition coefficient (Wildman–Crippen LogP) is 2.15. The largest absolute Gasteiger partial charge is 0.462 e. The van der Waals surface area contributed by atoms with Crippen molar-refractivity contribution in [3.05, 3.63) is 18.0 Å². The first kappa shape index (κ1) is 16.7. The topological polar surface area (TPSA) is 69.5 Å². The van der Waals surface area contributed by atoms with E-state index in [9.17, 15) is 4.79 Å². The van der Waals surface area contributed by atoms with Crippen LogP contribution in [0.1, 0.15) is 37.6 Å². The minimum atomic E-state index is -0.351. The molecule has 3 rings (SSSR count). The Balaban J connectivity index is 2.12. The fraction of sp³-hybridized carbons (Fsp3) is 0.588. The lowest BCUT2D eigenvalue weighted by molar-refractivity contribution is -0.0441. The molecule has 0 saturated carbocycles. The summed E-state index contributed by atoms with van der Waals surface area (Å²) in [6.45, 7) is 8.40. The number of ether oxygens (including phenoxy) is 2. The van der Waals surface area contributed by atoms with Gasteiger partial charge in [0.15, 0.2) is 5.65 Å². The van der Waals surface area contributed by atoms with E-state index >= 15 is 0 Å². The number of carbonyl (C=O) groups is 1. The number of rotatable bonds is 4. The number of anilines is 1. The zero-order valence-electron chi connectivity index (χ0n) is 14.7. The standard InChI is InChI=1S/C17H24N4O3/c1-5-17(3)11-21(7-8-24-17)14-12-10-19-20(4)15(12)18-9-13(14)16(22)23-6-2/h9-10H,5-8,11H2,1-4H3. The summed E-state index contributed by atoms with van der Waals surface area (Å²) >= 11 is 0. The van der Waals surface area contributed by atoms with Crippen LogP contribution in [0.3, 0.4) is 0 Å². The van der Waals surface area contributed by atoms with E-state index < -0.39 is 0 Å². The minimum Gasteiger partial charge on any atom is -0.462 e. The summed E-state index contributed by atoms with van der Waals surface area (Å²) in [5.41, 5.74) is 1.84. The van der Waals surface area contributed by atoms with Gasteiger partial charge in [-0.15, -0.1) is 0 Å². The molecule has 0 aromatic carbocycles. The van der Waals surface area contributed by atoms with E-state index in [0.29, 0.717) is 25.3 Å². The van der Waals surface area contributed by atoms with Gasteiger partial charge in [-0.05, 0) is 20.3 Å². The Bertz CT molecular complexity index is 758. The maximum absolute atomic E-state index is 12.4. The van der Waals surface area contributed by atoms with Crippen LogP contribution in [0.2, 0.25) is 0 Å². The molecule has 24 heavy (non-hydrogen) atoms. The summed E-state index contributed by atoms with van der Waals surface area (Å²) in [4.78, 5) is 19.0. The molecule has 0 amide bonds. The molecule has 3 heterocycles. The number of hydrogen-bond donors (Lipinski definition) is 0. The monoisotopic (exact) mass is 332 g/mol. The van der Waals surface area contributed by atoms with Crippen molar-refractivity contribution >= 4 is 22.7 Å². The Labute approximate surface area is 141 Å². The van der Waals surface area contributed by atoms with Gasteiger partial charge in [-0.3, -0.25) is 4.68 Å². The summed E-state index contributed by atoms with van der Waals surface area (Å²) in [5, 5.41) is 5.16. The number of esters is 1. The highest BCUT2D eigenvalue weighted by atomic mass is 16.5. The molecule has 1 aliphatic heterocycles. The molecule has 0 radical (unpaired) electrons. The van der Waals surface area contributed by atoms with Gasteiger partial charge in [0.25, 0.3) is 0 Å². The first-order valence-corrected chi connectivity index (χ1v) is 8.36. The summed E-state index contributed by atoms with van der Waals surface area (Å²) in [5.74, 6) is -0.351. The highest BCUT2D eigenvalue weighted by Gasteiger charge is 2.33. The number of fused-ring (bicyclic) bond motifs is 1. The SMILES string of the molecule is CCOC(=O)c1cnc2c(cnn2C)c1N1CCOC(C)(CC)C1. The molecule has 7 nitrogen and oxygen atoms in total. The molecule has 1 atom stereocenters. The van der Waals surface area contributed by atoms with Crippen LogP contribution in [0, 0.1) is 0 Å². The van der Waals surface area contributed by atoms with Crippen molar-refractivity contribution in [2.24, 2.45) is 7.05 Å². The second-order valence-corrected chi connectivity index (χ2v) is 6.32. The zero-order chi connectivity index (χ0) is 17.3. The summed E-state index contributed by atoms with van der Waals surface area (Å²) in [6, 6.07) is 0. The molecular weight excluding hydrogens is 308 g/mol. The average molecular weight is 332 g/mol. The Hall–Kier alpha value is -2.15. The van der Waals surface area contributed by atoms with Gasteiger partial charge in [0.2, 0.25) is 0 Å². The third-order valence-corrected chi connectivity index (χ3v) is 4.63. The van der Waals surface area contributed by atoms with Crippen molar-refractivity contribution in [1.82, 2.24) is 14.8 Å². The van der Waals surface area contributed by atoms with E-state index in [2.05, 4.69) is 28.8 Å². The molecule has 1 aliphatic rings. The Morgan fingerprint density at radius 3 is 2.92 bits per heavy atom. The lowest BCUT2D eigenvalue weighted by Crippen LogP contribution is -2.50. The van der Waals surface area contributed by atoms with E-state index in [1.165, 1.54) is 0 Å². The number of hydrogen-bond acceptors (Lipinski definition) is 6. The fourth-order valence-corrected chi connectivity index (χ4v) is 3.12.